The van der Waals surface area contributed by atoms with E-state index in [2.05, 4.69) is 0 Å². The van der Waals surface area contributed by atoms with E-state index < -0.39 is 0 Å². The summed E-state index contributed by atoms with van der Waals surface area (Å²) in [6.45, 7) is 0.206. The van der Waals surface area contributed by atoms with Crippen LogP contribution in [-0.2, 0) is 5.75 Å². The van der Waals surface area contributed by atoms with Gasteiger partial charge >= 0.3 is 0 Å². The van der Waals surface area contributed by atoms with Gasteiger partial charge < -0.3 is 10.8 Å². The van der Waals surface area contributed by atoms with Gasteiger partial charge in [0, 0.05) is 22.2 Å². The Morgan fingerprint density at radius 2 is 2.23 bits per heavy atom. The molecule has 0 saturated carbocycles. The molecule has 0 aliphatic rings. The molecule has 0 aromatic heterocycles. The summed E-state index contributed by atoms with van der Waals surface area (Å²) in [7, 11) is 0. The highest BCUT2D eigenvalue weighted by atomic mass is 35.5. The van der Waals surface area contributed by atoms with Crippen LogP contribution in [0.5, 0.6) is 0 Å². The Morgan fingerprint density at radius 1 is 1.46 bits per heavy atom. The van der Waals surface area contributed by atoms with E-state index >= 15 is 0 Å². The van der Waals surface area contributed by atoms with Crippen molar-refractivity contribution in [3.8, 4) is 0 Å². The van der Waals surface area contributed by atoms with Gasteiger partial charge in [0.25, 0.3) is 0 Å². The first-order valence-corrected chi connectivity index (χ1v) is 5.50. The maximum Gasteiger partial charge on any atom is 0.0521 e. The Hall–Kier alpha value is -0.380. The first-order chi connectivity index (χ1) is 6.24. The highest BCUT2D eigenvalue weighted by molar-refractivity contribution is 7.98. The third-order valence-electron chi connectivity index (χ3n) is 1.57. The third kappa shape index (κ3) is 3.46. The molecule has 1 aromatic rings. The van der Waals surface area contributed by atoms with Crippen LogP contribution in [0.25, 0.3) is 0 Å². The molecule has 4 heteroatoms. The minimum atomic E-state index is 0.206. The second kappa shape index (κ2) is 5.37. The molecule has 0 amide bonds. The molecule has 1 rings (SSSR count). The lowest BCUT2D eigenvalue weighted by Gasteiger charge is -2.03. The number of aliphatic hydroxyl groups excluding tert-OH is 1. The molecular formula is C9H12ClNOS. The fraction of sp³-hybridized carbons (Fsp3) is 0.333. The maximum absolute atomic E-state index is 8.58. The third-order valence-corrected chi connectivity index (χ3v) is 2.91. The predicted molar refractivity (Wildman–Crippen MR) is 59.1 cm³/mol. The Balaban J connectivity index is 2.56. The van der Waals surface area contributed by atoms with Crippen molar-refractivity contribution in [3.63, 3.8) is 0 Å². The summed E-state index contributed by atoms with van der Waals surface area (Å²) < 4.78 is 0. The lowest BCUT2D eigenvalue weighted by atomic mass is 10.2. The largest absolute Gasteiger partial charge is 0.399 e. The fourth-order valence-electron chi connectivity index (χ4n) is 0.927. The quantitative estimate of drug-likeness (QED) is 0.600. The van der Waals surface area contributed by atoms with Gasteiger partial charge in [0.1, 0.15) is 0 Å². The molecule has 0 aliphatic heterocycles. The van der Waals surface area contributed by atoms with E-state index in [1.54, 1.807) is 17.8 Å². The molecule has 3 N–H and O–H groups in total. The predicted octanol–water partition coefficient (Wildman–Crippen LogP) is 2.15. The summed E-state index contributed by atoms with van der Waals surface area (Å²) in [5.41, 5.74) is 7.30. The van der Waals surface area contributed by atoms with Crippen LogP contribution >= 0.6 is 23.4 Å². The smallest absolute Gasteiger partial charge is 0.0521 e. The van der Waals surface area contributed by atoms with Crippen molar-refractivity contribution in [2.45, 2.75) is 5.75 Å². The highest BCUT2D eigenvalue weighted by Crippen LogP contribution is 2.23. The summed E-state index contributed by atoms with van der Waals surface area (Å²) in [5, 5.41) is 9.28. The molecule has 0 unspecified atom stereocenters. The van der Waals surface area contributed by atoms with Crippen molar-refractivity contribution in [1.82, 2.24) is 0 Å². The number of thioether (sulfide) groups is 1. The number of hydrogen-bond donors (Lipinski definition) is 2. The molecule has 0 saturated heterocycles. The summed E-state index contributed by atoms with van der Waals surface area (Å²) in [6.07, 6.45) is 0. The zero-order chi connectivity index (χ0) is 9.68. The van der Waals surface area contributed by atoms with E-state index in [0.29, 0.717) is 10.7 Å². The number of benzene rings is 1. The van der Waals surface area contributed by atoms with Gasteiger partial charge in [-0.15, -0.1) is 0 Å². The zero-order valence-electron chi connectivity index (χ0n) is 7.16. The lowest BCUT2D eigenvalue weighted by Crippen LogP contribution is -1.90. The van der Waals surface area contributed by atoms with Crippen molar-refractivity contribution in [1.29, 1.82) is 0 Å². The number of rotatable bonds is 4. The lowest BCUT2D eigenvalue weighted by molar-refractivity contribution is 0.322. The van der Waals surface area contributed by atoms with E-state index in [4.69, 9.17) is 22.4 Å². The van der Waals surface area contributed by atoms with Gasteiger partial charge in [-0.25, -0.2) is 0 Å². The minimum Gasteiger partial charge on any atom is -0.399 e. The van der Waals surface area contributed by atoms with E-state index in [1.807, 2.05) is 12.1 Å². The van der Waals surface area contributed by atoms with Gasteiger partial charge in [-0.05, 0) is 17.7 Å². The van der Waals surface area contributed by atoms with Gasteiger partial charge in [0.05, 0.1) is 6.61 Å². The molecule has 0 aliphatic carbocycles. The monoisotopic (exact) mass is 217 g/mol. The van der Waals surface area contributed by atoms with E-state index in [0.717, 1.165) is 17.1 Å². The molecule has 0 heterocycles. The van der Waals surface area contributed by atoms with Gasteiger partial charge in [0.2, 0.25) is 0 Å². The summed E-state index contributed by atoms with van der Waals surface area (Å²) in [6, 6.07) is 5.50. The molecule has 2 nitrogen and oxygen atoms in total. The summed E-state index contributed by atoms with van der Waals surface area (Å²) >= 11 is 7.60. The van der Waals surface area contributed by atoms with Crippen molar-refractivity contribution in [2.24, 2.45) is 0 Å². The van der Waals surface area contributed by atoms with Gasteiger partial charge in [-0.3, -0.25) is 0 Å². The number of nitrogen functional groups attached to an aromatic ring is 1. The molecule has 1 aromatic carbocycles. The summed E-state index contributed by atoms with van der Waals surface area (Å²) in [4.78, 5) is 0. The Morgan fingerprint density at radius 3 is 2.85 bits per heavy atom. The van der Waals surface area contributed by atoms with E-state index in [9.17, 15) is 0 Å². The molecule has 13 heavy (non-hydrogen) atoms. The number of aliphatic hydroxyl groups is 1. The molecule has 0 radical (unpaired) electrons. The average molecular weight is 218 g/mol. The van der Waals surface area contributed by atoms with Crippen molar-refractivity contribution in [2.75, 3.05) is 18.1 Å². The molecule has 0 fully saturated rings. The fourth-order valence-corrected chi connectivity index (χ4v) is 2.01. The Kier molecular flexibility index (Phi) is 4.42. The van der Waals surface area contributed by atoms with Crippen molar-refractivity contribution in [3.05, 3.63) is 28.8 Å². The van der Waals surface area contributed by atoms with Crippen LogP contribution in [0, 0.1) is 0 Å². The first-order valence-electron chi connectivity index (χ1n) is 3.96. The average Bonchev–Trinajstić information content (AvgIpc) is 2.09. The molecule has 0 spiro atoms. The number of halogens is 1. The van der Waals surface area contributed by atoms with Gasteiger partial charge in [-0.2, -0.15) is 11.8 Å². The molecular weight excluding hydrogens is 206 g/mol. The maximum atomic E-state index is 8.58. The second-order valence-electron chi connectivity index (χ2n) is 2.63. The van der Waals surface area contributed by atoms with E-state index in [1.165, 1.54) is 0 Å². The van der Waals surface area contributed by atoms with E-state index in [-0.39, 0.29) is 6.61 Å². The van der Waals surface area contributed by atoms with Crippen LogP contribution in [-0.4, -0.2) is 17.5 Å². The molecule has 0 bridgehead atoms. The van der Waals surface area contributed by atoms with Crippen LogP contribution < -0.4 is 5.73 Å². The van der Waals surface area contributed by atoms with Crippen LogP contribution in [0.3, 0.4) is 0 Å². The van der Waals surface area contributed by atoms with Crippen LogP contribution in [0.1, 0.15) is 5.56 Å². The normalized spacial score (nSPS) is 10.3. The zero-order valence-corrected chi connectivity index (χ0v) is 8.74. The van der Waals surface area contributed by atoms with Crippen LogP contribution in [0.2, 0.25) is 5.02 Å². The summed E-state index contributed by atoms with van der Waals surface area (Å²) in [5.74, 6) is 1.56. The minimum absolute atomic E-state index is 0.206. The standard InChI is InChI=1S/C9H12ClNOS/c10-9-5-8(11)2-1-7(9)6-13-4-3-12/h1-2,5,12H,3-4,6,11H2. The van der Waals surface area contributed by atoms with Gasteiger partial charge in [0.15, 0.2) is 0 Å². The Labute approximate surface area is 87.1 Å². The van der Waals surface area contributed by atoms with Crippen LogP contribution in [0.4, 0.5) is 5.69 Å². The van der Waals surface area contributed by atoms with Gasteiger partial charge in [-0.1, -0.05) is 17.7 Å². The van der Waals surface area contributed by atoms with Crippen molar-refractivity contribution >= 4 is 29.1 Å². The van der Waals surface area contributed by atoms with Crippen LogP contribution in [0.15, 0.2) is 18.2 Å². The number of hydrogen-bond acceptors (Lipinski definition) is 3. The molecule has 72 valence electrons. The number of anilines is 1. The Bertz CT molecular complexity index is 280. The topological polar surface area (TPSA) is 46.2 Å². The first kappa shape index (κ1) is 10.7. The highest BCUT2D eigenvalue weighted by Gasteiger charge is 2.00. The second-order valence-corrected chi connectivity index (χ2v) is 4.14. The molecule has 0 atom stereocenters. The number of nitrogens with two attached hydrogens (primary N) is 1. The SMILES string of the molecule is Nc1ccc(CSCCO)c(Cl)c1. The van der Waals surface area contributed by atoms with Crippen molar-refractivity contribution < 1.29 is 5.11 Å².